The Balaban J connectivity index is 1.65. The summed E-state index contributed by atoms with van der Waals surface area (Å²) < 4.78 is 10.5. The third kappa shape index (κ3) is 3.96. The predicted octanol–water partition coefficient (Wildman–Crippen LogP) is 2.69. The van der Waals surface area contributed by atoms with E-state index in [2.05, 4.69) is 5.32 Å². The Morgan fingerprint density at radius 1 is 1.15 bits per heavy atom. The van der Waals surface area contributed by atoms with Crippen molar-refractivity contribution in [2.24, 2.45) is 5.92 Å². The number of ether oxygens (including phenoxy) is 2. The first-order chi connectivity index (χ1) is 12.6. The van der Waals surface area contributed by atoms with Crippen LogP contribution in [0.3, 0.4) is 0 Å². The summed E-state index contributed by atoms with van der Waals surface area (Å²) in [6.07, 6.45) is 0.219. The first-order valence-electron chi connectivity index (χ1n) is 8.45. The number of rotatable bonds is 6. The highest BCUT2D eigenvalue weighted by molar-refractivity contribution is 5.98. The number of nitrogens with one attached hydrogen (secondary N) is 1. The summed E-state index contributed by atoms with van der Waals surface area (Å²) >= 11 is 0. The largest absolute Gasteiger partial charge is 0.497 e. The van der Waals surface area contributed by atoms with Crippen LogP contribution >= 0.6 is 0 Å². The number of carbonyl (C=O) groups excluding carboxylic acids is 2. The average Bonchev–Trinajstić information content (AvgIpc) is 3.03. The third-order valence-electron chi connectivity index (χ3n) is 4.47. The van der Waals surface area contributed by atoms with Crippen molar-refractivity contribution in [3.8, 4) is 11.5 Å². The molecule has 0 saturated carbocycles. The number of amides is 2. The van der Waals surface area contributed by atoms with Crippen molar-refractivity contribution in [3.05, 3.63) is 54.1 Å². The number of methoxy groups -OCH3 is 2. The lowest BCUT2D eigenvalue weighted by Crippen LogP contribution is -2.28. The minimum absolute atomic E-state index is 0.00398. The molecule has 3 rings (SSSR count). The normalized spacial score (nSPS) is 16.5. The zero-order valence-electron chi connectivity index (χ0n) is 14.9. The number of likely N-dealkylation sites (tertiary alicyclic amines) is 1. The SMILES string of the molecule is COc1ccc(NC(=O)C2CC(=O)N(Cc3ccccc3)C2)c(OC)c1. The van der Waals surface area contributed by atoms with Gasteiger partial charge in [0.15, 0.2) is 0 Å². The summed E-state index contributed by atoms with van der Waals surface area (Å²) in [6, 6.07) is 15.0. The Bertz CT molecular complexity index is 792. The summed E-state index contributed by atoms with van der Waals surface area (Å²) in [4.78, 5) is 26.6. The van der Waals surface area contributed by atoms with E-state index in [1.807, 2.05) is 30.3 Å². The zero-order valence-corrected chi connectivity index (χ0v) is 14.9. The first kappa shape index (κ1) is 17.8. The van der Waals surface area contributed by atoms with Gasteiger partial charge in [-0.2, -0.15) is 0 Å². The van der Waals surface area contributed by atoms with Crippen LogP contribution < -0.4 is 14.8 Å². The van der Waals surface area contributed by atoms with Gasteiger partial charge in [0, 0.05) is 25.6 Å². The average molecular weight is 354 g/mol. The van der Waals surface area contributed by atoms with Crippen molar-refractivity contribution in [2.75, 3.05) is 26.1 Å². The zero-order chi connectivity index (χ0) is 18.5. The lowest BCUT2D eigenvalue weighted by molar-refractivity contribution is -0.128. The van der Waals surface area contributed by atoms with E-state index in [0.717, 1.165) is 5.56 Å². The van der Waals surface area contributed by atoms with E-state index in [0.29, 0.717) is 30.3 Å². The topological polar surface area (TPSA) is 67.9 Å². The summed E-state index contributed by atoms with van der Waals surface area (Å²) in [6.45, 7) is 0.938. The van der Waals surface area contributed by atoms with Gasteiger partial charge in [0.25, 0.3) is 0 Å². The maximum atomic E-state index is 12.6. The number of carbonyl (C=O) groups is 2. The summed E-state index contributed by atoms with van der Waals surface area (Å²) in [5.74, 6) is 0.596. The molecule has 0 aliphatic carbocycles. The molecule has 0 spiro atoms. The van der Waals surface area contributed by atoms with Crippen LogP contribution in [-0.2, 0) is 16.1 Å². The lowest BCUT2D eigenvalue weighted by Gasteiger charge is -2.17. The van der Waals surface area contributed by atoms with Gasteiger partial charge < -0.3 is 19.7 Å². The molecule has 2 aromatic rings. The van der Waals surface area contributed by atoms with Crippen LogP contribution in [0.25, 0.3) is 0 Å². The quantitative estimate of drug-likeness (QED) is 0.866. The second-order valence-electron chi connectivity index (χ2n) is 6.22. The Morgan fingerprint density at radius 2 is 1.92 bits per heavy atom. The van der Waals surface area contributed by atoms with E-state index < -0.39 is 0 Å². The second-order valence-corrected chi connectivity index (χ2v) is 6.22. The van der Waals surface area contributed by atoms with Crippen LogP contribution in [0.15, 0.2) is 48.5 Å². The van der Waals surface area contributed by atoms with Gasteiger partial charge in [-0.05, 0) is 17.7 Å². The van der Waals surface area contributed by atoms with Gasteiger partial charge >= 0.3 is 0 Å². The Hall–Kier alpha value is -3.02. The maximum Gasteiger partial charge on any atom is 0.229 e. The van der Waals surface area contributed by atoms with Gasteiger partial charge in [0.05, 0.1) is 25.8 Å². The number of nitrogens with zero attached hydrogens (tertiary/aromatic N) is 1. The van der Waals surface area contributed by atoms with Gasteiger partial charge in [-0.3, -0.25) is 9.59 Å². The molecule has 1 N–H and O–H groups in total. The summed E-state index contributed by atoms with van der Waals surface area (Å²) in [5.41, 5.74) is 1.62. The number of hydrogen-bond donors (Lipinski definition) is 1. The van der Waals surface area contributed by atoms with Crippen molar-refractivity contribution in [1.29, 1.82) is 0 Å². The van der Waals surface area contributed by atoms with Gasteiger partial charge in [0.2, 0.25) is 11.8 Å². The molecule has 1 saturated heterocycles. The Labute approximate surface area is 152 Å². The highest BCUT2D eigenvalue weighted by Crippen LogP contribution is 2.30. The van der Waals surface area contributed by atoms with E-state index in [-0.39, 0.29) is 24.2 Å². The summed E-state index contributed by atoms with van der Waals surface area (Å²) in [5, 5.41) is 2.86. The second kappa shape index (κ2) is 7.91. The Kier molecular flexibility index (Phi) is 5.41. The monoisotopic (exact) mass is 354 g/mol. The molecule has 1 aliphatic rings. The molecule has 1 atom stereocenters. The molecule has 0 radical (unpaired) electrons. The predicted molar refractivity (Wildman–Crippen MR) is 98.1 cm³/mol. The van der Waals surface area contributed by atoms with Gasteiger partial charge in [-0.1, -0.05) is 30.3 Å². The first-order valence-corrected chi connectivity index (χ1v) is 8.45. The molecule has 1 unspecified atom stereocenters. The highest BCUT2D eigenvalue weighted by Gasteiger charge is 2.34. The van der Waals surface area contributed by atoms with Crippen molar-refractivity contribution < 1.29 is 19.1 Å². The molecule has 136 valence electrons. The number of benzene rings is 2. The molecule has 2 amide bonds. The van der Waals surface area contributed by atoms with E-state index in [9.17, 15) is 9.59 Å². The minimum Gasteiger partial charge on any atom is -0.497 e. The number of anilines is 1. The molecular weight excluding hydrogens is 332 g/mol. The molecule has 1 aliphatic heterocycles. The summed E-state index contributed by atoms with van der Waals surface area (Å²) in [7, 11) is 3.10. The van der Waals surface area contributed by atoms with Crippen LogP contribution in [-0.4, -0.2) is 37.5 Å². The molecule has 0 aromatic heterocycles. The maximum absolute atomic E-state index is 12.6. The van der Waals surface area contributed by atoms with Crippen LogP contribution in [0.2, 0.25) is 0 Å². The van der Waals surface area contributed by atoms with Gasteiger partial charge in [-0.15, -0.1) is 0 Å². The van der Waals surface area contributed by atoms with Crippen LogP contribution in [0.4, 0.5) is 5.69 Å². The van der Waals surface area contributed by atoms with Crippen LogP contribution in [0, 0.1) is 5.92 Å². The van der Waals surface area contributed by atoms with Gasteiger partial charge in [0.1, 0.15) is 11.5 Å². The van der Waals surface area contributed by atoms with E-state index in [1.165, 1.54) is 7.11 Å². The molecular formula is C20H22N2O4. The fraction of sp³-hybridized carbons (Fsp3) is 0.300. The lowest BCUT2D eigenvalue weighted by atomic mass is 10.1. The van der Waals surface area contributed by atoms with Crippen molar-refractivity contribution in [3.63, 3.8) is 0 Å². The van der Waals surface area contributed by atoms with E-state index in [4.69, 9.17) is 9.47 Å². The molecule has 2 aromatic carbocycles. The van der Waals surface area contributed by atoms with E-state index >= 15 is 0 Å². The fourth-order valence-electron chi connectivity index (χ4n) is 3.04. The molecule has 6 nitrogen and oxygen atoms in total. The standard InChI is InChI=1S/C20H22N2O4/c1-25-16-8-9-17(18(11-16)26-2)21-20(24)15-10-19(23)22(13-15)12-14-6-4-3-5-7-14/h3-9,11,15H,10,12-13H2,1-2H3,(H,21,24). The Morgan fingerprint density at radius 3 is 2.62 bits per heavy atom. The molecule has 26 heavy (non-hydrogen) atoms. The molecule has 1 heterocycles. The van der Waals surface area contributed by atoms with E-state index in [1.54, 1.807) is 30.2 Å². The van der Waals surface area contributed by atoms with Crippen molar-refractivity contribution in [2.45, 2.75) is 13.0 Å². The molecule has 6 heteroatoms. The third-order valence-corrected chi connectivity index (χ3v) is 4.47. The smallest absolute Gasteiger partial charge is 0.229 e. The van der Waals surface area contributed by atoms with Gasteiger partial charge in [-0.25, -0.2) is 0 Å². The molecule has 1 fully saturated rings. The van der Waals surface area contributed by atoms with Crippen LogP contribution in [0.1, 0.15) is 12.0 Å². The van der Waals surface area contributed by atoms with Crippen LogP contribution in [0.5, 0.6) is 11.5 Å². The highest BCUT2D eigenvalue weighted by atomic mass is 16.5. The van der Waals surface area contributed by atoms with Crippen molar-refractivity contribution >= 4 is 17.5 Å². The van der Waals surface area contributed by atoms with Crippen molar-refractivity contribution in [1.82, 2.24) is 4.90 Å². The fourth-order valence-corrected chi connectivity index (χ4v) is 3.04. The minimum atomic E-state index is -0.377. The number of hydrogen-bond acceptors (Lipinski definition) is 4. The molecule has 0 bridgehead atoms.